The molecule has 0 bridgehead atoms. The number of ether oxygens (including phenoxy) is 3. The van der Waals surface area contributed by atoms with E-state index in [2.05, 4.69) is 10.6 Å². The number of halogens is 1. The molecule has 0 atom stereocenters. The van der Waals surface area contributed by atoms with Crippen LogP contribution in [0.15, 0.2) is 71.6 Å². The third-order valence-corrected chi connectivity index (χ3v) is 6.85. The summed E-state index contributed by atoms with van der Waals surface area (Å²) in [5.41, 5.74) is 1.60. The molecule has 3 aromatic rings. The molecule has 1 fully saturated rings. The van der Waals surface area contributed by atoms with Crippen LogP contribution < -0.4 is 24.8 Å². The standard InChI is InChI=1S/C30H28ClN3O7S/c1-3-39-22-12-10-21(11-13-22)32-26(35)17-34-29(37)25(42-30(34)38)16-19-14-23(31)28(24(15-19)40-4-2)41-18-27(36)33-20-8-6-5-7-9-20/h5-16H,3-4,17-18H2,1-2H3,(H,32,35)(H,33,36)/b25-16+. The van der Waals surface area contributed by atoms with Gasteiger partial charge in [0.05, 0.1) is 23.1 Å². The molecule has 0 unspecified atom stereocenters. The van der Waals surface area contributed by atoms with Crippen LogP contribution in [0.25, 0.3) is 6.08 Å². The van der Waals surface area contributed by atoms with Crippen molar-refractivity contribution in [2.45, 2.75) is 13.8 Å². The summed E-state index contributed by atoms with van der Waals surface area (Å²) in [7, 11) is 0. The Morgan fingerprint density at radius 1 is 0.881 bits per heavy atom. The van der Waals surface area contributed by atoms with Gasteiger partial charge in [0.2, 0.25) is 5.91 Å². The van der Waals surface area contributed by atoms with E-state index in [1.54, 1.807) is 61.5 Å². The van der Waals surface area contributed by atoms with Gasteiger partial charge >= 0.3 is 0 Å². The number of carbonyl (C=O) groups is 4. The Bertz CT molecular complexity index is 1500. The van der Waals surface area contributed by atoms with E-state index >= 15 is 0 Å². The number of amides is 4. The van der Waals surface area contributed by atoms with Crippen LogP contribution in [0.3, 0.4) is 0 Å². The average Bonchev–Trinajstić information content (AvgIpc) is 3.21. The fourth-order valence-corrected chi connectivity index (χ4v) is 4.98. The first kappa shape index (κ1) is 30.5. The Kier molecular flexibility index (Phi) is 10.5. The number of nitrogens with zero attached hydrogens (tertiary/aromatic N) is 1. The number of anilines is 2. The van der Waals surface area contributed by atoms with Crippen molar-refractivity contribution in [3.63, 3.8) is 0 Å². The Balaban J connectivity index is 1.42. The van der Waals surface area contributed by atoms with Crippen molar-refractivity contribution in [1.29, 1.82) is 0 Å². The lowest BCUT2D eigenvalue weighted by Gasteiger charge is -2.15. The predicted molar refractivity (Wildman–Crippen MR) is 162 cm³/mol. The molecular formula is C30H28ClN3O7S. The molecule has 0 spiro atoms. The second-order valence-corrected chi connectivity index (χ2v) is 10.1. The molecule has 0 radical (unpaired) electrons. The monoisotopic (exact) mass is 609 g/mol. The van der Waals surface area contributed by atoms with Crippen molar-refractivity contribution in [3.8, 4) is 17.2 Å². The summed E-state index contributed by atoms with van der Waals surface area (Å²) < 4.78 is 16.7. The van der Waals surface area contributed by atoms with Crippen LogP contribution >= 0.6 is 23.4 Å². The molecule has 0 saturated carbocycles. The van der Waals surface area contributed by atoms with E-state index < -0.39 is 23.6 Å². The maximum atomic E-state index is 13.0. The maximum Gasteiger partial charge on any atom is 0.294 e. The first-order valence-corrected chi connectivity index (χ1v) is 14.2. The van der Waals surface area contributed by atoms with Crippen LogP contribution in [-0.4, -0.2) is 54.2 Å². The van der Waals surface area contributed by atoms with Gasteiger partial charge in [-0.1, -0.05) is 29.8 Å². The number of carbonyl (C=O) groups excluding carboxylic acids is 4. The predicted octanol–water partition coefficient (Wildman–Crippen LogP) is 5.83. The van der Waals surface area contributed by atoms with Gasteiger partial charge in [-0.25, -0.2) is 0 Å². The molecule has 1 saturated heterocycles. The van der Waals surface area contributed by atoms with E-state index in [1.807, 2.05) is 13.0 Å². The molecule has 2 N–H and O–H groups in total. The summed E-state index contributed by atoms with van der Waals surface area (Å²) in [6.45, 7) is 3.68. The summed E-state index contributed by atoms with van der Waals surface area (Å²) in [6.07, 6.45) is 1.48. The molecule has 1 aliphatic rings. The smallest absolute Gasteiger partial charge is 0.294 e. The number of nitrogens with one attached hydrogen (secondary N) is 2. The minimum absolute atomic E-state index is 0.114. The van der Waals surface area contributed by atoms with Crippen molar-refractivity contribution in [3.05, 3.63) is 82.2 Å². The quantitative estimate of drug-likeness (QED) is 0.246. The molecule has 0 aliphatic carbocycles. The number of hydrogen-bond acceptors (Lipinski definition) is 8. The zero-order chi connectivity index (χ0) is 30.1. The van der Waals surface area contributed by atoms with Crippen molar-refractivity contribution >= 4 is 63.8 Å². The summed E-state index contributed by atoms with van der Waals surface area (Å²) in [6, 6.07) is 18.8. The van der Waals surface area contributed by atoms with Gasteiger partial charge in [0.1, 0.15) is 12.3 Å². The van der Waals surface area contributed by atoms with Gasteiger partial charge in [0.25, 0.3) is 17.1 Å². The summed E-state index contributed by atoms with van der Waals surface area (Å²) in [4.78, 5) is 51.5. The molecule has 10 nitrogen and oxygen atoms in total. The van der Waals surface area contributed by atoms with Gasteiger partial charge in [-0.15, -0.1) is 0 Å². The molecule has 42 heavy (non-hydrogen) atoms. The highest BCUT2D eigenvalue weighted by Gasteiger charge is 2.36. The van der Waals surface area contributed by atoms with Crippen molar-refractivity contribution < 1.29 is 33.4 Å². The fourth-order valence-electron chi connectivity index (χ4n) is 3.86. The Labute approximate surface area is 252 Å². The average molecular weight is 610 g/mol. The van der Waals surface area contributed by atoms with Crippen LogP contribution in [0.4, 0.5) is 16.2 Å². The largest absolute Gasteiger partial charge is 0.494 e. The van der Waals surface area contributed by atoms with Gasteiger partial charge in [0.15, 0.2) is 18.1 Å². The third-order valence-electron chi connectivity index (χ3n) is 5.66. The van der Waals surface area contributed by atoms with Crippen LogP contribution in [0, 0.1) is 0 Å². The number of para-hydroxylation sites is 1. The van der Waals surface area contributed by atoms with Crippen molar-refractivity contribution in [2.75, 3.05) is 37.0 Å². The lowest BCUT2D eigenvalue weighted by molar-refractivity contribution is -0.127. The van der Waals surface area contributed by atoms with E-state index in [1.165, 1.54) is 12.1 Å². The second kappa shape index (κ2) is 14.4. The van der Waals surface area contributed by atoms with E-state index in [4.69, 9.17) is 25.8 Å². The van der Waals surface area contributed by atoms with Gasteiger partial charge < -0.3 is 24.8 Å². The van der Waals surface area contributed by atoms with Crippen LogP contribution in [0.5, 0.6) is 17.2 Å². The number of rotatable bonds is 12. The number of thioether (sulfide) groups is 1. The summed E-state index contributed by atoms with van der Waals surface area (Å²) in [5.74, 6) is -0.437. The number of benzene rings is 3. The van der Waals surface area contributed by atoms with Gasteiger partial charge in [-0.3, -0.25) is 24.1 Å². The fraction of sp³-hybridized carbons (Fsp3) is 0.200. The highest BCUT2D eigenvalue weighted by molar-refractivity contribution is 8.18. The lowest BCUT2D eigenvalue weighted by Crippen LogP contribution is -2.36. The molecule has 1 aliphatic heterocycles. The van der Waals surface area contributed by atoms with E-state index in [0.717, 1.165) is 4.90 Å². The number of hydrogen-bond donors (Lipinski definition) is 2. The van der Waals surface area contributed by atoms with Crippen LogP contribution in [0.1, 0.15) is 19.4 Å². The third kappa shape index (κ3) is 8.05. The van der Waals surface area contributed by atoms with Gasteiger partial charge in [-0.05, 0) is 85.8 Å². The molecule has 3 aromatic carbocycles. The molecule has 12 heteroatoms. The van der Waals surface area contributed by atoms with Gasteiger partial charge in [-0.2, -0.15) is 0 Å². The topological polar surface area (TPSA) is 123 Å². The molecule has 218 valence electrons. The zero-order valence-corrected chi connectivity index (χ0v) is 24.4. The first-order chi connectivity index (χ1) is 20.3. The lowest BCUT2D eigenvalue weighted by atomic mass is 10.1. The van der Waals surface area contributed by atoms with Crippen LogP contribution in [0.2, 0.25) is 5.02 Å². The second-order valence-electron chi connectivity index (χ2n) is 8.74. The SMILES string of the molecule is CCOc1ccc(NC(=O)CN2C(=O)S/C(=C/c3cc(Cl)c(OCC(=O)Nc4ccccc4)c(OCC)c3)C2=O)cc1. The van der Waals surface area contributed by atoms with Crippen LogP contribution in [-0.2, 0) is 14.4 Å². The minimum Gasteiger partial charge on any atom is -0.494 e. The molecule has 1 heterocycles. The number of imide groups is 1. The van der Waals surface area contributed by atoms with E-state index in [-0.39, 0.29) is 40.5 Å². The first-order valence-electron chi connectivity index (χ1n) is 13.0. The summed E-state index contributed by atoms with van der Waals surface area (Å²) in [5, 5.41) is 4.96. The van der Waals surface area contributed by atoms with Crippen molar-refractivity contribution in [2.24, 2.45) is 0 Å². The molecule has 0 aromatic heterocycles. The summed E-state index contributed by atoms with van der Waals surface area (Å²) >= 11 is 7.18. The normalized spacial score (nSPS) is 13.7. The zero-order valence-electron chi connectivity index (χ0n) is 22.8. The van der Waals surface area contributed by atoms with E-state index in [0.29, 0.717) is 41.1 Å². The van der Waals surface area contributed by atoms with Crippen molar-refractivity contribution in [1.82, 2.24) is 4.90 Å². The Morgan fingerprint density at radius 3 is 2.24 bits per heavy atom. The van der Waals surface area contributed by atoms with Gasteiger partial charge in [0, 0.05) is 11.4 Å². The molecule has 4 rings (SSSR count). The Morgan fingerprint density at radius 2 is 1.55 bits per heavy atom. The molecule has 4 amide bonds. The molecular weight excluding hydrogens is 582 g/mol. The highest BCUT2D eigenvalue weighted by Crippen LogP contribution is 2.39. The highest BCUT2D eigenvalue weighted by atomic mass is 35.5. The maximum absolute atomic E-state index is 13.0. The van der Waals surface area contributed by atoms with E-state index in [9.17, 15) is 19.2 Å². The Hall–Kier alpha value is -4.48. The minimum atomic E-state index is -0.612.